The molecule has 27 heavy (non-hydrogen) atoms. The molecule has 0 aromatic heterocycles. The van der Waals surface area contributed by atoms with Gasteiger partial charge in [0.25, 0.3) is 0 Å². The molecule has 0 spiro atoms. The van der Waals surface area contributed by atoms with Gasteiger partial charge >= 0.3 is 5.97 Å². The smallest absolute Gasteiger partial charge is 0.335 e. The molecule has 1 unspecified atom stereocenters. The molecular formula is C20H19ClFNO4. The maximum Gasteiger partial charge on any atom is 0.335 e. The number of aryl methyl sites for hydroxylation is 1. The van der Waals surface area contributed by atoms with Crippen LogP contribution in [0.4, 0.5) is 4.39 Å². The predicted molar refractivity (Wildman–Crippen MR) is 98.4 cm³/mol. The lowest BCUT2D eigenvalue weighted by molar-refractivity contribution is -0.139. The third-order valence-corrected chi connectivity index (χ3v) is 4.88. The Morgan fingerprint density at radius 1 is 1.22 bits per heavy atom. The van der Waals surface area contributed by atoms with Gasteiger partial charge in [0, 0.05) is 23.6 Å². The number of aromatic carboxylic acids is 1. The van der Waals surface area contributed by atoms with Crippen LogP contribution in [-0.2, 0) is 16.0 Å². The van der Waals surface area contributed by atoms with Gasteiger partial charge in [-0.3, -0.25) is 4.79 Å². The quantitative estimate of drug-likeness (QED) is 0.843. The summed E-state index contributed by atoms with van der Waals surface area (Å²) < 4.78 is 18.9. The maximum atomic E-state index is 13.2. The van der Waals surface area contributed by atoms with Gasteiger partial charge in [0.1, 0.15) is 11.9 Å². The van der Waals surface area contributed by atoms with Gasteiger partial charge in [-0.2, -0.15) is 0 Å². The summed E-state index contributed by atoms with van der Waals surface area (Å²) in [4.78, 5) is 25.1. The molecule has 0 saturated carbocycles. The van der Waals surface area contributed by atoms with Crippen molar-refractivity contribution in [3.63, 3.8) is 0 Å². The average molecular weight is 392 g/mol. The van der Waals surface area contributed by atoms with Crippen molar-refractivity contribution >= 4 is 23.5 Å². The van der Waals surface area contributed by atoms with Crippen molar-refractivity contribution in [3.8, 4) is 0 Å². The lowest BCUT2D eigenvalue weighted by atomic mass is 10.1. The minimum Gasteiger partial charge on any atom is -0.478 e. The number of carbonyl (C=O) groups excluding carboxylic acids is 1. The highest BCUT2D eigenvalue weighted by Crippen LogP contribution is 2.29. The van der Waals surface area contributed by atoms with E-state index in [1.54, 1.807) is 23.1 Å². The average Bonchev–Trinajstić information content (AvgIpc) is 2.66. The summed E-state index contributed by atoms with van der Waals surface area (Å²) in [5.41, 5.74) is 1.79. The van der Waals surface area contributed by atoms with Gasteiger partial charge in [-0.05, 0) is 36.2 Å². The first-order valence-corrected chi connectivity index (χ1v) is 8.98. The van der Waals surface area contributed by atoms with Crippen molar-refractivity contribution in [2.45, 2.75) is 18.9 Å². The molecule has 1 fully saturated rings. The zero-order valence-corrected chi connectivity index (χ0v) is 15.3. The van der Waals surface area contributed by atoms with Crippen molar-refractivity contribution in [1.82, 2.24) is 4.90 Å². The summed E-state index contributed by atoms with van der Waals surface area (Å²) in [6.45, 7) is 1.24. The highest BCUT2D eigenvalue weighted by Gasteiger charge is 2.26. The van der Waals surface area contributed by atoms with Crippen LogP contribution in [-0.4, -0.2) is 41.6 Å². The first-order chi connectivity index (χ1) is 12.9. The number of nitrogens with zero attached hydrogens (tertiary/aromatic N) is 1. The highest BCUT2D eigenvalue weighted by molar-refractivity contribution is 6.31. The molecule has 1 saturated heterocycles. The Kier molecular flexibility index (Phi) is 6.08. The molecule has 0 bridgehead atoms. The van der Waals surface area contributed by atoms with E-state index in [1.807, 2.05) is 0 Å². The Labute approximate surface area is 161 Å². The molecule has 2 aromatic carbocycles. The molecule has 1 N–H and O–H groups in total. The van der Waals surface area contributed by atoms with Crippen LogP contribution >= 0.6 is 11.6 Å². The second kappa shape index (κ2) is 8.50. The van der Waals surface area contributed by atoms with Crippen LogP contribution in [0.15, 0.2) is 42.5 Å². The lowest BCUT2D eigenvalue weighted by Crippen LogP contribution is -2.42. The van der Waals surface area contributed by atoms with E-state index in [4.69, 9.17) is 21.4 Å². The summed E-state index contributed by atoms with van der Waals surface area (Å²) in [6.07, 6.45) is 0.458. The van der Waals surface area contributed by atoms with E-state index in [-0.39, 0.29) is 22.6 Å². The van der Waals surface area contributed by atoms with E-state index >= 15 is 0 Å². The van der Waals surface area contributed by atoms with Gasteiger partial charge in [0.2, 0.25) is 5.91 Å². The monoisotopic (exact) mass is 391 g/mol. The number of hydrogen-bond acceptors (Lipinski definition) is 3. The second-order valence-electron chi connectivity index (χ2n) is 6.37. The fourth-order valence-electron chi connectivity index (χ4n) is 3.05. The first-order valence-electron chi connectivity index (χ1n) is 8.60. The third-order valence-electron chi connectivity index (χ3n) is 4.56. The van der Waals surface area contributed by atoms with Gasteiger partial charge in [-0.15, -0.1) is 0 Å². The number of amides is 1. The molecule has 0 aliphatic carbocycles. The number of carbonyl (C=O) groups is 2. The van der Waals surface area contributed by atoms with Crippen molar-refractivity contribution in [3.05, 3.63) is 70.0 Å². The summed E-state index contributed by atoms with van der Waals surface area (Å²) in [5, 5.41) is 9.20. The maximum absolute atomic E-state index is 13.2. The Morgan fingerprint density at radius 2 is 1.96 bits per heavy atom. The zero-order valence-electron chi connectivity index (χ0n) is 14.5. The number of ether oxygens (including phenoxy) is 1. The van der Waals surface area contributed by atoms with Gasteiger partial charge in [0.15, 0.2) is 0 Å². The summed E-state index contributed by atoms with van der Waals surface area (Å²) in [7, 11) is 0. The standard InChI is InChI=1S/C20H19ClFNO4/c21-17-11-15(22)6-7-16(17)18-12-23(9-10-27-18)19(24)8-3-13-1-4-14(5-2-13)20(25)26/h1-2,4-7,11,18H,3,8-10,12H2,(H,25,26). The van der Waals surface area contributed by atoms with E-state index in [2.05, 4.69) is 0 Å². The molecule has 0 radical (unpaired) electrons. The molecule has 2 aromatic rings. The third kappa shape index (κ3) is 4.84. The topological polar surface area (TPSA) is 66.8 Å². The fourth-order valence-corrected chi connectivity index (χ4v) is 3.34. The van der Waals surface area contributed by atoms with Gasteiger partial charge in [-0.25, -0.2) is 9.18 Å². The number of carboxylic acids is 1. The molecule has 7 heteroatoms. The Balaban J connectivity index is 1.58. The molecule has 5 nitrogen and oxygen atoms in total. The SMILES string of the molecule is O=C(O)c1ccc(CCC(=O)N2CCOC(c3ccc(F)cc3Cl)C2)cc1. The summed E-state index contributed by atoms with van der Waals surface area (Å²) in [6, 6.07) is 10.6. The van der Waals surface area contributed by atoms with Gasteiger partial charge in [-0.1, -0.05) is 29.8 Å². The normalized spacial score (nSPS) is 17.0. The van der Waals surface area contributed by atoms with Crippen molar-refractivity contribution < 1.29 is 23.8 Å². The molecule has 142 valence electrons. The molecule has 1 amide bonds. The predicted octanol–water partition coefficient (Wildman–Crippen LogP) is 3.71. The van der Waals surface area contributed by atoms with Crippen LogP contribution in [0.25, 0.3) is 0 Å². The van der Waals surface area contributed by atoms with Crippen molar-refractivity contribution in [1.29, 1.82) is 0 Å². The van der Waals surface area contributed by atoms with Crippen LogP contribution in [0.2, 0.25) is 5.02 Å². The second-order valence-corrected chi connectivity index (χ2v) is 6.77. The summed E-state index contributed by atoms with van der Waals surface area (Å²) in [5.74, 6) is -1.40. The van der Waals surface area contributed by atoms with Gasteiger partial charge < -0.3 is 14.7 Å². The molecule has 1 aliphatic heterocycles. The number of halogens is 2. The van der Waals surface area contributed by atoms with E-state index in [9.17, 15) is 14.0 Å². The summed E-state index contributed by atoms with van der Waals surface area (Å²) >= 11 is 6.10. The largest absolute Gasteiger partial charge is 0.478 e. The molecule has 1 heterocycles. The van der Waals surface area contributed by atoms with Gasteiger partial charge in [0.05, 0.1) is 18.7 Å². The van der Waals surface area contributed by atoms with Crippen LogP contribution in [0.1, 0.15) is 34.0 Å². The first kappa shape index (κ1) is 19.3. The highest BCUT2D eigenvalue weighted by atomic mass is 35.5. The molecule has 1 aliphatic rings. The minimum absolute atomic E-state index is 0.0103. The van der Waals surface area contributed by atoms with E-state index in [0.717, 1.165) is 5.56 Å². The lowest BCUT2D eigenvalue weighted by Gasteiger charge is -2.33. The van der Waals surface area contributed by atoms with Crippen LogP contribution in [0.3, 0.4) is 0 Å². The Hall–Kier alpha value is -2.44. The molecular weight excluding hydrogens is 373 g/mol. The molecule has 3 rings (SSSR count). The van der Waals surface area contributed by atoms with Crippen LogP contribution < -0.4 is 0 Å². The van der Waals surface area contributed by atoms with E-state index in [0.29, 0.717) is 38.1 Å². The number of benzene rings is 2. The minimum atomic E-state index is -0.976. The number of rotatable bonds is 5. The van der Waals surface area contributed by atoms with Crippen molar-refractivity contribution in [2.24, 2.45) is 0 Å². The van der Waals surface area contributed by atoms with E-state index < -0.39 is 11.8 Å². The van der Waals surface area contributed by atoms with Crippen LogP contribution in [0, 0.1) is 5.82 Å². The fraction of sp³-hybridized carbons (Fsp3) is 0.300. The Bertz CT molecular complexity index is 840. The number of morpholine rings is 1. The Morgan fingerprint density at radius 3 is 2.63 bits per heavy atom. The molecule has 1 atom stereocenters. The number of hydrogen-bond donors (Lipinski definition) is 1. The van der Waals surface area contributed by atoms with Crippen LogP contribution in [0.5, 0.6) is 0 Å². The van der Waals surface area contributed by atoms with Crippen molar-refractivity contribution in [2.75, 3.05) is 19.7 Å². The number of carboxylic acid groups (broad SMARTS) is 1. The zero-order chi connectivity index (χ0) is 19.4. The van der Waals surface area contributed by atoms with E-state index in [1.165, 1.54) is 24.3 Å².